The summed E-state index contributed by atoms with van der Waals surface area (Å²) in [6.45, 7) is 5.12. The highest BCUT2D eigenvalue weighted by molar-refractivity contribution is 6.01. The molecule has 10 nitrogen and oxygen atoms in total. The number of fused-ring (bicyclic) bond motifs is 1. The van der Waals surface area contributed by atoms with E-state index < -0.39 is 12.4 Å². The topological polar surface area (TPSA) is 109 Å². The van der Waals surface area contributed by atoms with Crippen molar-refractivity contribution in [2.24, 2.45) is 13.0 Å². The minimum atomic E-state index is -4.84. The number of imide groups is 1. The number of nitrogens with one attached hydrogen (secondary N) is 2. The van der Waals surface area contributed by atoms with E-state index in [1.54, 1.807) is 37.6 Å². The normalized spacial score (nSPS) is 19.7. The number of hydrogen-bond donors (Lipinski definition) is 2. The Hall–Kier alpha value is -4.75. The Morgan fingerprint density at radius 2 is 1.64 bits per heavy atom. The van der Waals surface area contributed by atoms with Crippen LogP contribution in [0.25, 0.3) is 21.9 Å². The van der Waals surface area contributed by atoms with Crippen LogP contribution in [0.3, 0.4) is 0 Å². The number of ether oxygens (including phenoxy) is 1. The van der Waals surface area contributed by atoms with E-state index in [1.165, 1.54) is 22.4 Å². The molecule has 53 heavy (non-hydrogen) atoms. The highest BCUT2D eigenvalue weighted by atomic mass is 19.4. The number of amides is 2. The summed E-state index contributed by atoms with van der Waals surface area (Å²) in [5, 5.41) is 6.65. The second-order valence-electron chi connectivity index (χ2n) is 14.6. The van der Waals surface area contributed by atoms with Crippen LogP contribution < -0.4 is 20.9 Å². The summed E-state index contributed by atoms with van der Waals surface area (Å²) in [4.78, 5) is 45.0. The van der Waals surface area contributed by atoms with Crippen LogP contribution in [-0.2, 0) is 23.2 Å². The minimum Gasteiger partial charge on any atom is -0.405 e. The first-order chi connectivity index (χ1) is 25.5. The first kappa shape index (κ1) is 36.6. The Bertz CT molecular complexity index is 2000. The van der Waals surface area contributed by atoms with E-state index in [2.05, 4.69) is 42.3 Å². The molecule has 2 aromatic heterocycles. The molecule has 5 heterocycles. The summed E-state index contributed by atoms with van der Waals surface area (Å²) in [7, 11) is 1.61. The van der Waals surface area contributed by atoms with Gasteiger partial charge in [0.15, 0.2) is 0 Å². The van der Waals surface area contributed by atoms with Gasteiger partial charge in [0.1, 0.15) is 11.8 Å². The zero-order valence-electron chi connectivity index (χ0n) is 29.8. The Kier molecular flexibility index (Phi) is 10.8. The molecule has 1 unspecified atom stereocenters. The van der Waals surface area contributed by atoms with Crippen LogP contribution in [0.15, 0.2) is 71.9 Å². The van der Waals surface area contributed by atoms with Gasteiger partial charge in [-0.05, 0) is 124 Å². The van der Waals surface area contributed by atoms with Crippen molar-refractivity contribution in [1.82, 2.24) is 24.7 Å². The van der Waals surface area contributed by atoms with E-state index in [0.717, 1.165) is 70.5 Å². The van der Waals surface area contributed by atoms with Crippen molar-refractivity contribution >= 4 is 28.3 Å². The van der Waals surface area contributed by atoms with Gasteiger partial charge in [-0.15, -0.1) is 13.2 Å². The van der Waals surface area contributed by atoms with Gasteiger partial charge in [-0.1, -0.05) is 24.3 Å². The summed E-state index contributed by atoms with van der Waals surface area (Å²) in [6, 6.07) is 14.6. The van der Waals surface area contributed by atoms with Crippen molar-refractivity contribution in [3.63, 3.8) is 0 Å². The van der Waals surface area contributed by atoms with Gasteiger partial charge in [0, 0.05) is 55.4 Å². The fraction of sp³-hybridized carbons (Fsp3) is 0.450. The van der Waals surface area contributed by atoms with E-state index >= 15 is 0 Å². The molecule has 3 saturated heterocycles. The van der Waals surface area contributed by atoms with Gasteiger partial charge in [0.05, 0.1) is 5.39 Å². The molecule has 2 aromatic carbocycles. The van der Waals surface area contributed by atoms with E-state index in [1.807, 2.05) is 12.1 Å². The smallest absolute Gasteiger partial charge is 0.405 e. The van der Waals surface area contributed by atoms with Gasteiger partial charge in [-0.25, -0.2) is 0 Å². The monoisotopic (exact) mass is 730 g/mol. The van der Waals surface area contributed by atoms with Gasteiger partial charge in [-0.2, -0.15) is 0 Å². The maximum absolute atomic E-state index is 13.6. The highest BCUT2D eigenvalue weighted by Crippen LogP contribution is 2.36. The molecule has 0 spiro atoms. The lowest BCUT2D eigenvalue weighted by Crippen LogP contribution is -2.47. The maximum Gasteiger partial charge on any atom is 0.573 e. The van der Waals surface area contributed by atoms with Crippen LogP contribution in [0.5, 0.6) is 5.75 Å². The molecule has 0 aliphatic carbocycles. The number of carbonyl (C=O) groups is 2. The molecular formula is C40H45F3N6O4. The molecular weight excluding hydrogens is 685 g/mol. The molecule has 280 valence electrons. The maximum atomic E-state index is 13.6. The van der Waals surface area contributed by atoms with E-state index in [-0.39, 0.29) is 23.1 Å². The number of aryl methyl sites for hydroxylation is 1. The Morgan fingerprint density at radius 1 is 0.906 bits per heavy atom. The van der Waals surface area contributed by atoms with Gasteiger partial charge in [0.2, 0.25) is 11.8 Å². The molecule has 7 rings (SSSR count). The fourth-order valence-electron chi connectivity index (χ4n) is 8.03. The van der Waals surface area contributed by atoms with Gasteiger partial charge in [0.25, 0.3) is 5.56 Å². The van der Waals surface area contributed by atoms with Gasteiger partial charge in [-0.3, -0.25) is 29.6 Å². The number of likely N-dealkylation sites (tertiary alicyclic amines) is 2. The summed E-state index contributed by atoms with van der Waals surface area (Å²) in [5.74, 6) is 0.359. The van der Waals surface area contributed by atoms with Gasteiger partial charge >= 0.3 is 6.36 Å². The van der Waals surface area contributed by atoms with Gasteiger partial charge < -0.3 is 19.5 Å². The van der Waals surface area contributed by atoms with Crippen molar-refractivity contribution in [3.05, 3.63) is 88.6 Å². The van der Waals surface area contributed by atoms with Crippen molar-refractivity contribution in [2.75, 3.05) is 38.0 Å². The average Bonchev–Trinajstić information content (AvgIpc) is 3.15. The highest BCUT2D eigenvalue weighted by Gasteiger charge is 2.33. The Labute approximate surface area is 306 Å². The van der Waals surface area contributed by atoms with Crippen molar-refractivity contribution in [3.8, 4) is 16.9 Å². The lowest BCUT2D eigenvalue weighted by Gasteiger charge is -2.35. The summed E-state index contributed by atoms with van der Waals surface area (Å²) < 4.78 is 46.8. The van der Waals surface area contributed by atoms with Crippen LogP contribution in [-0.4, -0.2) is 76.3 Å². The number of benzene rings is 2. The molecule has 4 aromatic rings. The Morgan fingerprint density at radius 3 is 2.36 bits per heavy atom. The molecule has 3 aliphatic heterocycles. The summed E-state index contributed by atoms with van der Waals surface area (Å²) in [5.41, 5.74) is 3.59. The lowest BCUT2D eigenvalue weighted by molar-refractivity contribution is -0.275. The molecule has 3 fully saturated rings. The molecule has 0 bridgehead atoms. The number of anilines is 1. The molecule has 2 N–H and O–H groups in total. The quantitative estimate of drug-likeness (QED) is 0.186. The fourth-order valence-corrected chi connectivity index (χ4v) is 8.03. The SMILES string of the molecule is Cn1cc(-c2ccc(CN3CCC(CCN4CCC(c5ccc(NC6CCC(=O)NC6=O)cc5)CC4)CC3)c(OC(F)(F)F)c2)c2ccncc2c1=O. The second-order valence-corrected chi connectivity index (χ2v) is 14.6. The third-order valence-electron chi connectivity index (χ3n) is 11.1. The van der Waals surface area contributed by atoms with Crippen molar-refractivity contribution < 1.29 is 27.5 Å². The predicted molar refractivity (Wildman–Crippen MR) is 196 cm³/mol. The van der Waals surface area contributed by atoms with E-state index in [4.69, 9.17) is 0 Å². The number of hydrogen-bond acceptors (Lipinski definition) is 8. The van der Waals surface area contributed by atoms with Crippen molar-refractivity contribution in [2.45, 2.75) is 69.8 Å². The largest absolute Gasteiger partial charge is 0.573 e. The van der Waals surface area contributed by atoms with Crippen LogP contribution in [0.1, 0.15) is 62.0 Å². The van der Waals surface area contributed by atoms with E-state index in [0.29, 0.717) is 58.7 Å². The number of aromatic nitrogens is 2. The van der Waals surface area contributed by atoms with E-state index in [9.17, 15) is 27.6 Å². The Balaban J connectivity index is 0.889. The number of nitrogens with zero attached hydrogens (tertiary/aromatic N) is 4. The molecule has 1 atom stereocenters. The zero-order valence-corrected chi connectivity index (χ0v) is 29.8. The average molecular weight is 731 g/mol. The zero-order chi connectivity index (χ0) is 37.1. The first-order valence-corrected chi connectivity index (χ1v) is 18.5. The molecule has 13 heteroatoms. The van der Waals surface area contributed by atoms with Crippen LogP contribution >= 0.6 is 0 Å². The van der Waals surface area contributed by atoms with Crippen LogP contribution in [0.4, 0.5) is 18.9 Å². The number of rotatable bonds is 10. The molecule has 0 saturated carbocycles. The first-order valence-electron chi connectivity index (χ1n) is 18.5. The molecule has 2 amide bonds. The van der Waals surface area contributed by atoms with Crippen molar-refractivity contribution in [1.29, 1.82) is 0 Å². The number of carbonyl (C=O) groups excluding carboxylic acids is 2. The second kappa shape index (κ2) is 15.7. The number of alkyl halides is 3. The van der Waals surface area contributed by atoms with Crippen LogP contribution in [0, 0.1) is 5.92 Å². The predicted octanol–water partition coefficient (Wildman–Crippen LogP) is 6.20. The summed E-state index contributed by atoms with van der Waals surface area (Å²) >= 11 is 0. The third kappa shape index (κ3) is 8.90. The number of piperidine rings is 3. The lowest BCUT2D eigenvalue weighted by atomic mass is 9.88. The molecule has 3 aliphatic rings. The molecule has 0 radical (unpaired) electrons. The van der Waals surface area contributed by atoms with Crippen LogP contribution in [0.2, 0.25) is 0 Å². The minimum absolute atomic E-state index is 0.219. The number of halogens is 3. The summed E-state index contributed by atoms with van der Waals surface area (Å²) in [6.07, 6.45) is 5.97. The standard InChI is InChI=1S/C40H45F3N6O4/c1-47-25-34(32-10-16-44-23-33(32)39(47)52)29-2-3-30(36(22-29)53-40(41,42)43)24-49-18-12-26(13-19-49)11-17-48-20-14-28(15-21-48)27-4-6-31(7-5-27)45-35-8-9-37(50)46-38(35)51/h2-7,10,16,22-23,25-26,28,35,45H,8-9,11-15,17-21,24H2,1H3,(H,46,50,51). The third-order valence-corrected chi connectivity index (χ3v) is 11.1. The number of pyridine rings is 2.